The molecule has 1 rings (SSSR count). The van der Waals surface area contributed by atoms with Crippen LogP contribution in [0.15, 0.2) is 24.3 Å². The molecule has 17 heavy (non-hydrogen) atoms. The molecule has 0 fully saturated rings. The Hall–Kier alpha value is -1.75. The summed E-state index contributed by atoms with van der Waals surface area (Å²) in [5.41, 5.74) is 6.01. The molecule has 0 saturated heterocycles. The van der Waals surface area contributed by atoms with Crippen LogP contribution in [0.4, 0.5) is 4.79 Å². The van der Waals surface area contributed by atoms with E-state index in [9.17, 15) is 4.79 Å². The molecule has 1 aromatic carbocycles. The van der Waals surface area contributed by atoms with E-state index in [-0.39, 0.29) is 12.6 Å². The van der Waals surface area contributed by atoms with E-state index in [1.807, 2.05) is 31.2 Å². The van der Waals surface area contributed by atoms with Gasteiger partial charge in [-0.15, -0.1) is 0 Å². The Labute approximate surface area is 101 Å². The largest absolute Gasteiger partial charge is 0.497 e. The Bertz CT molecular complexity index is 351. The normalized spacial score (nSPS) is 11.9. The van der Waals surface area contributed by atoms with Crippen LogP contribution in [-0.4, -0.2) is 25.9 Å². The van der Waals surface area contributed by atoms with Crippen LogP contribution in [0.3, 0.4) is 0 Å². The number of carbonyl (C=O) groups excluding carboxylic acids is 1. The Morgan fingerprint density at radius 2 is 2.06 bits per heavy atom. The first kappa shape index (κ1) is 13.3. The average Bonchev–Trinajstić information content (AvgIpc) is 2.34. The molecular formula is C12H18N2O3. The predicted molar refractivity (Wildman–Crippen MR) is 64.8 cm³/mol. The van der Waals surface area contributed by atoms with Crippen molar-refractivity contribution in [2.75, 3.05) is 13.7 Å². The molecule has 0 radical (unpaired) electrons. The third-order valence-electron chi connectivity index (χ3n) is 2.29. The summed E-state index contributed by atoms with van der Waals surface area (Å²) in [4.78, 5) is 10.4. The van der Waals surface area contributed by atoms with Gasteiger partial charge in [-0.3, -0.25) is 0 Å². The Morgan fingerprint density at radius 1 is 1.41 bits per heavy atom. The average molecular weight is 238 g/mol. The van der Waals surface area contributed by atoms with Gasteiger partial charge in [0.05, 0.1) is 7.11 Å². The highest BCUT2D eigenvalue weighted by Crippen LogP contribution is 2.10. The first-order valence-electron chi connectivity index (χ1n) is 5.40. The lowest BCUT2D eigenvalue weighted by molar-refractivity contribution is 0.145. The highest BCUT2D eigenvalue weighted by atomic mass is 16.5. The van der Waals surface area contributed by atoms with Crippen molar-refractivity contribution < 1.29 is 14.3 Å². The van der Waals surface area contributed by atoms with Crippen LogP contribution >= 0.6 is 0 Å². The quantitative estimate of drug-likeness (QED) is 0.782. The van der Waals surface area contributed by atoms with Gasteiger partial charge in [0.25, 0.3) is 0 Å². The summed E-state index contributed by atoms with van der Waals surface area (Å²) in [6.45, 7) is 2.89. The Balaban J connectivity index is 2.31. The number of primary amides is 1. The molecule has 0 heterocycles. The first-order chi connectivity index (χ1) is 8.11. The minimum absolute atomic E-state index is 0.0598. The molecule has 1 aromatic rings. The number of rotatable bonds is 6. The van der Waals surface area contributed by atoms with Crippen molar-refractivity contribution in [3.05, 3.63) is 29.8 Å². The zero-order valence-corrected chi connectivity index (χ0v) is 10.1. The standard InChI is InChI=1S/C12H18N2O3/c1-9(8-17-12(13)15)14-7-10-3-5-11(16-2)6-4-10/h3-6,9,14H,7-8H2,1-2H3,(H2,13,15). The SMILES string of the molecule is COc1ccc(CNC(C)COC(N)=O)cc1. The molecule has 1 amide bonds. The van der Waals surface area contributed by atoms with Gasteiger partial charge < -0.3 is 20.5 Å². The van der Waals surface area contributed by atoms with Crippen LogP contribution in [-0.2, 0) is 11.3 Å². The fourth-order valence-corrected chi connectivity index (χ4v) is 1.30. The van der Waals surface area contributed by atoms with Crippen molar-refractivity contribution in [2.24, 2.45) is 5.73 Å². The predicted octanol–water partition coefficient (Wildman–Crippen LogP) is 1.27. The minimum atomic E-state index is -0.747. The van der Waals surface area contributed by atoms with E-state index < -0.39 is 6.09 Å². The third kappa shape index (κ3) is 5.21. The van der Waals surface area contributed by atoms with Crippen molar-refractivity contribution in [3.63, 3.8) is 0 Å². The minimum Gasteiger partial charge on any atom is -0.497 e. The number of nitrogens with two attached hydrogens (primary N) is 1. The number of methoxy groups -OCH3 is 1. The van der Waals surface area contributed by atoms with Crippen LogP contribution in [0.2, 0.25) is 0 Å². The maximum atomic E-state index is 10.4. The fourth-order valence-electron chi connectivity index (χ4n) is 1.30. The van der Waals surface area contributed by atoms with E-state index in [1.54, 1.807) is 7.11 Å². The van der Waals surface area contributed by atoms with Gasteiger partial charge in [0.15, 0.2) is 0 Å². The van der Waals surface area contributed by atoms with Crippen LogP contribution in [0.25, 0.3) is 0 Å². The van der Waals surface area contributed by atoms with Crippen LogP contribution in [0.5, 0.6) is 5.75 Å². The third-order valence-corrected chi connectivity index (χ3v) is 2.29. The molecule has 0 aliphatic carbocycles. The summed E-state index contributed by atoms with van der Waals surface area (Å²) in [6.07, 6.45) is -0.747. The van der Waals surface area contributed by atoms with Gasteiger partial charge in [-0.25, -0.2) is 4.79 Å². The number of ether oxygens (including phenoxy) is 2. The van der Waals surface area contributed by atoms with Crippen LogP contribution in [0, 0.1) is 0 Å². The number of benzene rings is 1. The first-order valence-corrected chi connectivity index (χ1v) is 5.40. The molecule has 1 atom stereocenters. The van der Waals surface area contributed by atoms with Gasteiger partial charge >= 0.3 is 6.09 Å². The Kier molecular flexibility index (Phi) is 5.29. The zero-order chi connectivity index (χ0) is 12.7. The van der Waals surface area contributed by atoms with E-state index >= 15 is 0 Å². The van der Waals surface area contributed by atoms with Crippen molar-refractivity contribution in [2.45, 2.75) is 19.5 Å². The lowest BCUT2D eigenvalue weighted by atomic mass is 10.2. The lowest BCUT2D eigenvalue weighted by Crippen LogP contribution is -2.32. The molecule has 0 spiro atoms. The number of carbonyl (C=O) groups is 1. The van der Waals surface area contributed by atoms with Crippen LogP contribution < -0.4 is 15.8 Å². The number of amides is 1. The van der Waals surface area contributed by atoms with Crippen molar-refractivity contribution in [3.8, 4) is 5.75 Å². The van der Waals surface area contributed by atoms with E-state index in [0.717, 1.165) is 11.3 Å². The van der Waals surface area contributed by atoms with Crippen molar-refractivity contribution in [1.29, 1.82) is 0 Å². The maximum Gasteiger partial charge on any atom is 0.404 e. The molecule has 0 saturated carbocycles. The topological polar surface area (TPSA) is 73.6 Å². The van der Waals surface area contributed by atoms with Gasteiger partial charge in [0.2, 0.25) is 0 Å². The molecule has 0 aliphatic heterocycles. The molecule has 3 N–H and O–H groups in total. The highest BCUT2D eigenvalue weighted by Gasteiger charge is 2.03. The molecule has 0 aliphatic rings. The fraction of sp³-hybridized carbons (Fsp3) is 0.417. The molecule has 1 unspecified atom stereocenters. The van der Waals surface area contributed by atoms with Gasteiger partial charge in [-0.1, -0.05) is 12.1 Å². The summed E-state index contributed by atoms with van der Waals surface area (Å²) in [5.74, 6) is 0.832. The number of nitrogens with one attached hydrogen (secondary N) is 1. The summed E-state index contributed by atoms with van der Waals surface area (Å²) in [6, 6.07) is 7.83. The second-order valence-electron chi connectivity index (χ2n) is 3.76. The van der Waals surface area contributed by atoms with Gasteiger partial charge in [-0.05, 0) is 24.6 Å². The molecule has 94 valence electrons. The second kappa shape index (κ2) is 6.75. The summed E-state index contributed by atoms with van der Waals surface area (Å²) >= 11 is 0. The van der Waals surface area contributed by atoms with Gasteiger partial charge in [0.1, 0.15) is 12.4 Å². The maximum absolute atomic E-state index is 10.4. The van der Waals surface area contributed by atoms with E-state index in [1.165, 1.54) is 0 Å². The van der Waals surface area contributed by atoms with E-state index in [2.05, 4.69) is 10.1 Å². The molecule has 0 bridgehead atoms. The molecular weight excluding hydrogens is 220 g/mol. The van der Waals surface area contributed by atoms with Gasteiger partial charge in [0, 0.05) is 12.6 Å². The highest BCUT2D eigenvalue weighted by molar-refractivity contribution is 5.64. The van der Waals surface area contributed by atoms with Gasteiger partial charge in [-0.2, -0.15) is 0 Å². The molecule has 0 aromatic heterocycles. The zero-order valence-electron chi connectivity index (χ0n) is 10.1. The number of hydrogen-bond acceptors (Lipinski definition) is 4. The van der Waals surface area contributed by atoms with Crippen molar-refractivity contribution >= 4 is 6.09 Å². The summed E-state index contributed by atoms with van der Waals surface area (Å²) in [7, 11) is 1.64. The number of hydrogen-bond donors (Lipinski definition) is 2. The molecule has 5 nitrogen and oxygen atoms in total. The van der Waals surface area contributed by atoms with Crippen LogP contribution in [0.1, 0.15) is 12.5 Å². The monoisotopic (exact) mass is 238 g/mol. The Morgan fingerprint density at radius 3 is 2.59 bits per heavy atom. The smallest absolute Gasteiger partial charge is 0.404 e. The van der Waals surface area contributed by atoms with E-state index in [0.29, 0.717) is 6.54 Å². The second-order valence-corrected chi connectivity index (χ2v) is 3.76. The molecule has 5 heteroatoms. The lowest BCUT2D eigenvalue weighted by Gasteiger charge is -2.13. The summed E-state index contributed by atoms with van der Waals surface area (Å²) < 4.78 is 9.75. The van der Waals surface area contributed by atoms with E-state index in [4.69, 9.17) is 10.5 Å². The summed E-state index contributed by atoms with van der Waals surface area (Å²) in [5, 5.41) is 3.22. The van der Waals surface area contributed by atoms with Crippen molar-refractivity contribution in [1.82, 2.24) is 5.32 Å².